The van der Waals surface area contributed by atoms with Gasteiger partial charge in [-0.1, -0.05) is 30.3 Å². The zero-order chi connectivity index (χ0) is 18.1. The summed E-state index contributed by atoms with van der Waals surface area (Å²) in [6.07, 6.45) is 3.51. The Bertz CT molecular complexity index is 936. The van der Waals surface area contributed by atoms with Crippen LogP contribution in [0.15, 0.2) is 54.9 Å². The summed E-state index contributed by atoms with van der Waals surface area (Å²) < 4.78 is 7.48. The Kier molecular flexibility index (Phi) is 4.26. The Morgan fingerprint density at radius 1 is 1.19 bits per heavy atom. The molecule has 1 fully saturated rings. The highest BCUT2D eigenvalue weighted by molar-refractivity contribution is 5.72. The van der Waals surface area contributed by atoms with Crippen molar-refractivity contribution in [3.63, 3.8) is 0 Å². The van der Waals surface area contributed by atoms with E-state index in [-0.39, 0.29) is 0 Å². The van der Waals surface area contributed by atoms with Crippen molar-refractivity contribution in [2.75, 3.05) is 6.61 Å². The first-order chi connectivity index (χ1) is 12.6. The minimum atomic E-state index is -0.829. The van der Waals surface area contributed by atoms with E-state index in [1.807, 2.05) is 54.2 Å². The standard InChI is InChI=1S/C20H19N3O3/c1-23-18(10-17(22-23)13-5-3-2-4-6-13)14-9-15(12-21-11-14)19-16(20(24)25)7-8-26-19/h2-6,9-12,16,19H,7-8H2,1H3,(H,24,25)/t16-,19+/m1/s1. The van der Waals surface area contributed by atoms with Crippen LogP contribution in [-0.4, -0.2) is 32.4 Å². The van der Waals surface area contributed by atoms with E-state index in [9.17, 15) is 9.90 Å². The largest absolute Gasteiger partial charge is 0.481 e. The molecule has 6 heteroatoms. The maximum atomic E-state index is 11.4. The predicted octanol–water partition coefficient (Wildman–Crippen LogP) is 3.31. The van der Waals surface area contributed by atoms with Crippen molar-refractivity contribution < 1.29 is 14.6 Å². The third-order valence-electron chi connectivity index (χ3n) is 4.74. The van der Waals surface area contributed by atoms with Crippen molar-refractivity contribution in [2.24, 2.45) is 13.0 Å². The van der Waals surface area contributed by atoms with Crippen LogP contribution in [-0.2, 0) is 16.6 Å². The molecule has 3 aromatic rings. The predicted molar refractivity (Wildman–Crippen MR) is 96.3 cm³/mol. The van der Waals surface area contributed by atoms with E-state index in [4.69, 9.17) is 4.74 Å². The van der Waals surface area contributed by atoms with E-state index in [1.54, 1.807) is 12.4 Å². The molecule has 4 rings (SSSR count). The van der Waals surface area contributed by atoms with Crippen molar-refractivity contribution in [1.29, 1.82) is 0 Å². The molecule has 1 aliphatic heterocycles. The monoisotopic (exact) mass is 349 g/mol. The molecule has 0 radical (unpaired) electrons. The fraction of sp³-hybridized carbons (Fsp3) is 0.250. The highest BCUT2D eigenvalue weighted by Crippen LogP contribution is 2.36. The van der Waals surface area contributed by atoms with Crippen LogP contribution in [0.1, 0.15) is 18.1 Å². The van der Waals surface area contributed by atoms with Crippen LogP contribution < -0.4 is 0 Å². The van der Waals surface area contributed by atoms with E-state index in [0.29, 0.717) is 13.0 Å². The maximum Gasteiger partial charge on any atom is 0.309 e. The molecule has 1 N–H and O–H groups in total. The summed E-state index contributed by atoms with van der Waals surface area (Å²) in [7, 11) is 1.89. The molecule has 1 aliphatic rings. The van der Waals surface area contributed by atoms with Crippen LogP contribution in [0.25, 0.3) is 22.5 Å². The minimum absolute atomic E-state index is 0.454. The quantitative estimate of drug-likeness (QED) is 0.782. The molecular weight excluding hydrogens is 330 g/mol. The molecule has 0 aliphatic carbocycles. The van der Waals surface area contributed by atoms with Crippen molar-refractivity contribution in [2.45, 2.75) is 12.5 Å². The van der Waals surface area contributed by atoms with Crippen LogP contribution in [0, 0.1) is 5.92 Å². The number of hydrogen-bond acceptors (Lipinski definition) is 4. The van der Waals surface area contributed by atoms with Crippen LogP contribution in [0.3, 0.4) is 0 Å². The van der Waals surface area contributed by atoms with E-state index in [1.165, 1.54) is 0 Å². The SMILES string of the molecule is Cn1nc(-c2ccccc2)cc1-c1cncc([C@@H]2OCC[C@H]2C(=O)O)c1. The van der Waals surface area contributed by atoms with Crippen LogP contribution in [0.2, 0.25) is 0 Å². The molecule has 1 saturated heterocycles. The Hall–Kier alpha value is -2.99. The fourth-order valence-electron chi connectivity index (χ4n) is 3.41. The number of carboxylic acid groups (broad SMARTS) is 1. The van der Waals surface area contributed by atoms with Gasteiger partial charge in [0.05, 0.1) is 23.4 Å². The minimum Gasteiger partial charge on any atom is -0.481 e. The van der Waals surface area contributed by atoms with Gasteiger partial charge in [0.1, 0.15) is 0 Å². The lowest BCUT2D eigenvalue weighted by Crippen LogP contribution is -2.17. The van der Waals surface area contributed by atoms with Gasteiger partial charge in [0.15, 0.2) is 0 Å². The first-order valence-electron chi connectivity index (χ1n) is 8.52. The van der Waals surface area contributed by atoms with Crippen molar-refractivity contribution >= 4 is 5.97 Å². The van der Waals surface area contributed by atoms with E-state index < -0.39 is 18.0 Å². The number of rotatable bonds is 4. The number of pyridine rings is 1. The molecule has 2 atom stereocenters. The molecular formula is C20H19N3O3. The summed E-state index contributed by atoms with van der Waals surface area (Å²) in [5, 5.41) is 14.0. The van der Waals surface area contributed by atoms with Crippen LogP contribution in [0.5, 0.6) is 0 Å². The number of hydrogen-bond donors (Lipinski definition) is 1. The summed E-state index contributed by atoms with van der Waals surface area (Å²) >= 11 is 0. The molecule has 0 unspecified atom stereocenters. The van der Waals surface area contributed by atoms with E-state index in [0.717, 1.165) is 28.1 Å². The van der Waals surface area contributed by atoms with E-state index >= 15 is 0 Å². The number of aromatic nitrogens is 3. The highest BCUT2D eigenvalue weighted by Gasteiger charge is 2.35. The average Bonchev–Trinajstić information content (AvgIpc) is 3.29. The number of ether oxygens (including phenoxy) is 1. The Labute approximate surface area is 151 Å². The molecule has 132 valence electrons. The third kappa shape index (κ3) is 2.99. The van der Waals surface area contributed by atoms with Gasteiger partial charge in [-0.25, -0.2) is 0 Å². The van der Waals surface area contributed by atoms with Crippen LogP contribution >= 0.6 is 0 Å². The summed E-state index contributed by atoms with van der Waals surface area (Å²) in [4.78, 5) is 15.7. The molecule has 3 heterocycles. The average molecular weight is 349 g/mol. The lowest BCUT2D eigenvalue weighted by molar-refractivity contribution is -0.143. The van der Waals surface area contributed by atoms with Gasteiger partial charge in [-0.05, 0) is 18.6 Å². The number of aryl methyl sites for hydroxylation is 1. The maximum absolute atomic E-state index is 11.4. The van der Waals surface area contributed by atoms with Gasteiger partial charge in [-0.15, -0.1) is 0 Å². The zero-order valence-electron chi connectivity index (χ0n) is 14.4. The second-order valence-electron chi connectivity index (χ2n) is 6.44. The molecule has 26 heavy (non-hydrogen) atoms. The molecule has 2 aromatic heterocycles. The van der Waals surface area contributed by atoms with Gasteiger partial charge in [0.25, 0.3) is 0 Å². The molecule has 0 saturated carbocycles. The van der Waals surface area contributed by atoms with Crippen molar-refractivity contribution in [1.82, 2.24) is 14.8 Å². The molecule has 0 amide bonds. The lowest BCUT2D eigenvalue weighted by Gasteiger charge is -2.15. The van der Waals surface area contributed by atoms with Gasteiger partial charge >= 0.3 is 5.97 Å². The summed E-state index contributed by atoms with van der Waals surface area (Å²) in [5.74, 6) is -1.36. The number of nitrogens with zero attached hydrogens (tertiary/aromatic N) is 3. The molecule has 1 aromatic carbocycles. The van der Waals surface area contributed by atoms with Crippen molar-refractivity contribution in [3.8, 4) is 22.5 Å². The molecule has 0 spiro atoms. The Balaban J connectivity index is 1.69. The summed E-state index contributed by atoms with van der Waals surface area (Å²) in [6, 6.07) is 13.9. The molecule has 0 bridgehead atoms. The third-order valence-corrected chi connectivity index (χ3v) is 4.74. The van der Waals surface area contributed by atoms with Gasteiger partial charge in [-0.2, -0.15) is 5.10 Å². The number of benzene rings is 1. The topological polar surface area (TPSA) is 77.2 Å². The Morgan fingerprint density at radius 2 is 2.00 bits per heavy atom. The molecule has 6 nitrogen and oxygen atoms in total. The first-order valence-corrected chi connectivity index (χ1v) is 8.52. The first kappa shape index (κ1) is 16.5. The van der Waals surface area contributed by atoms with Gasteiger partial charge in [0, 0.05) is 42.7 Å². The normalized spacial score (nSPS) is 19.6. The highest BCUT2D eigenvalue weighted by atomic mass is 16.5. The van der Waals surface area contributed by atoms with Gasteiger partial charge < -0.3 is 9.84 Å². The summed E-state index contributed by atoms with van der Waals surface area (Å²) in [6.45, 7) is 0.454. The number of carboxylic acids is 1. The zero-order valence-corrected chi connectivity index (χ0v) is 14.4. The number of carbonyl (C=O) groups is 1. The van der Waals surface area contributed by atoms with Crippen LogP contribution in [0.4, 0.5) is 0 Å². The number of aliphatic carboxylic acids is 1. The van der Waals surface area contributed by atoms with Gasteiger partial charge in [0.2, 0.25) is 0 Å². The van der Waals surface area contributed by atoms with Crippen molar-refractivity contribution in [3.05, 3.63) is 60.4 Å². The second-order valence-corrected chi connectivity index (χ2v) is 6.44. The summed E-state index contributed by atoms with van der Waals surface area (Å²) in [5.41, 5.74) is 4.52. The fourth-order valence-corrected chi connectivity index (χ4v) is 3.41. The van der Waals surface area contributed by atoms with E-state index in [2.05, 4.69) is 10.1 Å². The second kappa shape index (κ2) is 6.72. The smallest absolute Gasteiger partial charge is 0.309 e. The Morgan fingerprint density at radius 3 is 2.77 bits per heavy atom. The lowest BCUT2D eigenvalue weighted by atomic mass is 9.95. The van der Waals surface area contributed by atoms with Gasteiger partial charge in [-0.3, -0.25) is 14.5 Å².